The van der Waals surface area contributed by atoms with Crippen molar-refractivity contribution >= 4 is 23.4 Å². The second-order valence-electron chi connectivity index (χ2n) is 8.86. The van der Waals surface area contributed by atoms with Crippen molar-refractivity contribution < 1.29 is 29.4 Å². The molecule has 0 bridgehead atoms. The fourth-order valence-corrected chi connectivity index (χ4v) is 3.92. The van der Waals surface area contributed by atoms with Crippen molar-refractivity contribution in [3.05, 3.63) is 54.1 Å². The number of nitrogens with zero attached hydrogens (tertiary/aromatic N) is 1. The van der Waals surface area contributed by atoms with Crippen LogP contribution in [0.5, 0.6) is 0 Å². The van der Waals surface area contributed by atoms with Gasteiger partial charge in [-0.1, -0.05) is 24.3 Å². The Hall–Kier alpha value is -3.35. The third-order valence-corrected chi connectivity index (χ3v) is 6.03. The van der Waals surface area contributed by atoms with E-state index in [1.165, 1.54) is 12.4 Å². The molecule has 0 aromatic heterocycles. The predicted molar refractivity (Wildman–Crippen MR) is 138 cm³/mol. The molecule has 0 unspecified atom stereocenters. The molecule has 1 aliphatic rings. The maximum absolute atomic E-state index is 12.4. The molecule has 1 heterocycles. The van der Waals surface area contributed by atoms with Crippen LogP contribution in [-0.2, 0) is 14.3 Å². The average molecular weight is 514 g/mol. The Morgan fingerprint density at radius 1 is 1.00 bits per heavy atom. The number of nitrogens with one attached hydrogen (secondary N) is 4. The van der Waals surface area contributed by atoms with E-state index in [9.17, 15) is 19.5 Å². The first kappa shape index (κ1) is 28.2. The van der Waals surface area contributed by atoms with Gasteiger partial charge in [0.2, 0.25) is 5.91 Å². The van der Waals surface area contributed by atoms with Gasteiger partial charge in [0, 0.05) is 24.3 Å². The molecule has 3 rings (SSSR count). The van der Waals surface area contributed by atoms with Crippen LogP contribution < -0.4 is 21.4 Å². The summed E-state index contributed by atoms with van der Waals surface area (Å²) < 4.78 is 5.34. The van der Waals surface area contributed by atoms with E-state index in [4.69, 9.17) is 9.94 Å². The zero-order valence-corrected chi connectivity index (χ0v) is 20.9. The van der Waals surface area contributed by atoms with Gasteiger partial charge in [0.05, 0.1) is 25.9 Å². The van der Waals surface area contributed by atoms with Gasteiger partial charge in [0.25, 0.3) is 11.8 Å². The molecule has 1 saturated heterocycles. The molecule has 6 N–H and O–H groups in total. The fraction of sp³-hybridized carbons (Fsp3) is 0.423. The molecule has 2 aromatic rings. The number of aliphatic hydroxyl groups excluding tert-OH is 1. The van der Waals surface area contributed by atoms with E-state index in [1.807, 2.05) is 24.3 Å². The summed E-state index contributed by atoms with van der Waals surface area (Å²) in [4.78, 5) is 38.6. The van der Waals surface area contributed by atoms with Crippen LogP contribution in [0.3, 0.4) is 0 Å². The van der Waals surface area contributed by atoms with Gasteiger partial charge in [-0.05, 0) is 61.8 Å². The highest BCUT2D eigenvalue weighted by atomic mass is 16.5. The van der Waals surface area contributed by atoms with Gasteiger partial charge in [-0.15, -0.1) is 0 Å². The standard InChI is InChI=1S/C26H35N5O6/c1-18(32)24(26(35)30-36)29-25(34)21-5-3-19(4-6-21)20-7-9-22(10-8-20)28-23(33)17-27-11-2-12-31-13-15-37-16-14-31/h3-10,18,24,27,32,36H,2,11-17H2,1H3,(H,28,33)(H,29,34)(H,30,35)/t18-,24+/m1/s1. The Bertz CT molecular complexity index is 1020. The number of carbonyl (C=O) groups is 3. The first-order valence-corrected chi connectivity index (χ1v) is 12.3. The van der Waals surface area contributed by atoms with E-state index < -0.39 is 24.0 Å². The predicted octanol–water partition coefficient (Wildman–Crippen LogP) is 0.589. The van der Waals surface area contributed by atoms with Crippen LogP contribution in [0.1, 0.15) is 23.7 Å². The second kappa shape index (κ2) is 14.4. The SMILES string of the molecule is C[C@@H](O)[C@H](NC(=O)c1ccc(-c2ccc(NC(=O)CNCCCN3CCOCC3)cc2)cc1)C(=O)NO. The van der Waals surface area contributed by atoms with Gasteiger partial charge in [-0.3, -0.25) is 24.5 Å². The van der Waals surface area contributed by atoms with Gasteiger partial charge in [0.15, 0.2) is 0 Å². The van der Waals surface area contributed by atoms with Crippen LogP contribution in [-0.4, -0.2) is 91.0 Å². The molecular weight excluding hydrogens is 478 g/mol. The molecule has 1 fully saturated rings. The highest BCUT2D eigenvalue weighted by Gasteiger charge is 2.25. The third kappa shape index (κ3) is 8.92. The van der Waals surface area contributed by atoms with E-state index >= 15 is 0 Å². The molecule has 200 valence electrons. The number of anilines is 1. The van der Waals surface area contributed by atoms with Crippen molar-refractivity contribution in [2.24, 2.45) is 0 Å². The van der Waals surface area contributed by atoms with Gasteiger partial charge >= 0.3 is 0 Å². The zero-order valence-electron chi connectivity index (χ0n) is 20.9. The first-order valence-electron chi connectivity index (χ1n) is 12.3. The minimum atomic E-state index is -1.29. The number of aliphatic hydroxyl groups is 1. The summed E-state index contributed by atoms with van der Waals surface area (Å²) in [6.45, 7) is 6.84. The zero-order chi connectivity index (χ0) is 26.6. The van der Waals surface area contributed by atoms with Gasteiger partial charge < -0.3 is 25.8 Å². The number of benzene rings is 2. The fourth-order valence-electron chi connectivity index (χ4n) is 3.92. The molecule has 1 aliphatic heterocycles. The number of rotatable bonds is 12. The number of carbonyl (C=O) groups excluding carboxylic acids is 3. The number of hydroxylamine groups is 1. The quantitative estimate of drug-likeness (QED) is 0.137. The molecular formula is C26H35N5O6. The van der Waals surface area contributed by atoms with Crippen LogP contribution in [0.15, 0.2) is 48.5 Å². The van der Waals surface area contributed by atoms with E-state index in [1.54, 1.807) is 24.3 Å². The summed E-state index contributed by atoms with van der Waals surface area (Å²) in [6, 6.07) is 12.8. The number of morpholine rings is 1. The molecule has 0 aliphatic carbocycles. The number of ether oxygens (including phenoxy) is 1. The lowest BCUT2D eigenvalue weighted by molar-refractivity contribution is -0.133. The summed E-state index contributed by atoms with van der Waals surface area (Å²) in [5.41, 5.74) is 4.16. The smallest absolute Gasteiger partial charge is 0.268 e. The lowest BCUT2D eigenvalue weighted by Gasteiger charge is -2.26. The highest BCUT2D eigenvalue weighted by Crippen LogP contribution is 2.22. The Labute approximate surface area is 216 Å². The van der Waals surface area contributed by atoms with Crippen molar-refractivity contribution in [3.63, 3.8) is 0 Å². The topological polar surface area (TPSA) is 152 Å². The van der Waals surface area contributed by atoms with Crippen LogP contribution in [0.4, 0.5) is 5.69 Å². The largest absolute Gasteiger partial charge is 0.391 e. The van der Waals surface area contributed by atoms with E-state index in [2.05, 4.69) is 20.9 Å². The second-order valence-corrected chi connectivity index (χ2v) is 8.86. The molecule has 2 atom stereocenters. The number of amides is 3. The molecule has 11 nitrogen and oxygen atoms in total. The lowest BCUT2D eigenvalue weighted by Crippen LogP contribution is -2.51. The molecule has 37 heavy (non-hydrogen) atoms. The Kier molecular flexibility index (Phi) is 11.0. The van der Waals surface area contributed by atoms with Crippen LogP contribution >= 0.6 is 0 Å². The molecule has 0 saturated carbocycles. The van der Waals surface area contributed by atoms with Crippen molar-refractivity contribution in [1.82, 2.24) is 21.0 Å². The Balaban J connectivity index is 1.44. The summed E-state index contributed by atoms with van der Waals surface area (Å²) in [6.07, 6.45) is -0.216. The van der Waals surface area contributed by atoms with Crippen LogP contribution in [0.2, 0.25) is 0 Å². The summed E-state index contributed by atoms with van der Waals surface area (Å²) in [5.74, 6) is -1.58. The van der Waals surface area contributed by atoms with Gasteiger partial charge in [0.1, 0.15) is 6.04 Å². The highest BCUT2D eigenvalue weighted by molar-refractivity contribution is 5.98. The van der Waals surface area contributed by atoms with Gasteiger partial charge in [-0.2, -0.15) is 0 Å². The molecule has 3 amide bonds. The monoisotopic (exact) mass is 513 g/mol. The Morgan fingerprint density at radius 3 is 2.22 bits per heavy atom. The summed E-state index contributed by atoms with van der Waals surface area (Å²) >= 11 is 0. The van der Waals surface area contributed by atoms with Crippen LogP contribution in [0, 0.1) is 0 Å². The maximum Gasteiger partial charge on any atom is 0.268 e. The van der Waals surface area contributed by atoms with Crippen LogP contribution in [0.25, 0.3) is 11.1 Å². The average Bonchev–Trinajstić information content (AvgIpc) is 2.92. The van der Waals surface area contributed by atoms with Crippen molar-refractivity contribution in [2.75, 3.05) is 51.3 Å². The molecule has 2 aromatic carbocycles. The first-order chi connectivity index (χ1) is 17.9. The third-order valence-electron chi connectivity index (χ3n) is 6.03. The molecule has 11 heteroatoms. The Morgan fingerprint density at radius 2 is 1.62 bits per heavy atom. The number of hydrogen-bond acceptors (Lipinski definition) is 8. The minimum absolute atomic E-state index is 0.111. The van der Waals surface area contributed by atoms with Crippen molar-refractivity contribution in [1.29, 1.82) is 0 Å². The lowest BCUT2D eigenvalue weighted by atomic mass is 10.0. The summed E-state index contributed by atoms with van der Waals surface area (Å²) in [7, 11) is 0. The summed E-state index contributed by atoms with van der Waals surface area (Å²) in [5, 5.41) is 26.9. The molecule has 0 radical (unpaired) electrons. The molecule has 0 spiro atoms. The van der Waals surface area contributed by atoms with E-state index in [-0.39, 0.29) is 12.5 Å². The van der Waals surface area contributed by atoms with Gasteiger partial charge in [-0.25, -0.2) is 5.48 Å². The maximum atomic E-state index is 12.4. The van der Waals surface area contributed by atoms with E-state index in [0.29, 0.717) is 11.3 Å². The number of hydrogen-bond donors (Lipinski definition) is 6. The minimum Gasteiger partial charge on any atom is -0.391 e. The van der Waals surface area contributed by atoms with Crippen molar-refractivity contribution in [3.8, 4) is 11.1 Å². The normalized spacial score (nSPS) is 15.4. The van der Waals surface area contributed by atoms with Crippen molar-refractivity contribution in [2.45, 2.75) is 25.5 Å². The van der Waals surface area contributed by atoms with E-state index in [0.717, 1.165) is 56.9 Å².